The van der Waals surface area contributed by atoms with Crippen LogP contribution in [-0.4, -0.2) is 51.3 Å². The number of nitrogens with two attached hydrogens (primary N) is 1. The van der Waals surface area contributed by atoms with Crippen molar-refractivity contribution < 1.29 is 14.3 Å². The molecule has 0 aromatic heterocycles. The Bertz CT molecular complexity index is 412. The number of para-hydroxylation sites is 1. The maximum atomic E-state index is 11.6. The van der Waals surface area contributed by atoms with E-state index >= 15 is 0 Å². The van der Waals surface area contributed by atoms with E-state index in [1.54, 1.807) is 25.3 Å². The number of rotatable bonds is 9. The fourth-order valence-corrected chi connectivity index (χ4v) is 1.76. The Hall–Kier alpha value is -1.63. The number of hydrazine groups is 1. The van der Waals surface area contributed by atoms with E-state index in [0.29, 0.717) is 17.9 Å². The van der Waals surface area contributed by atoms with Crippen molar-refractivity contribution >= 4 is 5.91 Å². The Morgan fingerprint density at radius 3 is 2.75 bits per heavy atom. The van der Waals surface area contributed by atoms with Crippen LogP contribution in [0, 0.1) is 0 Å². The number of carbonyl (C=O) groups excluding carboxylic acids is 1. The van der Waals surface area contributed by atoms with Gasteiger partial charge in [0.1, 0.15) is 12.4 Å². The molecule has 0 bridgehead atoms. The van der Waals surface area contributed by atoms with Crippen LogP contribution in [0.3, 0.4) is 0 Å². The van der Waals surface area contributed by atoms with Crippen LogP contribution in [0.2, 0.25) is 0 Å². The Morgan fingerprint density at radius 1 is 1.30 bits per heavy atom. The predicted octanol–water partition coefficient (Wildman–Crippen LogP) is 0.637. The first-order valence-corrected chi connectivity index (χ1v) is 6.59. The first-order valence-electron chi connectivity index (χ1n) is 6.59. The van der Waals surface area contributed by atoms with Crippen LogP contribution in [0.5, 0.6) is 5.75 Å². The second-order valence-electron chi connectivity index (χ2n) is 4.47. The van der Waals surface area contributed by atoms with E-state index in [0.717, 1.165) is 26.1 Å². The van der Waals surface area contributed by atoms with Crippen molar-refractivity contribution in [1.29, 1.82) is 0 Å². The van der Waals surface area contributed by atoms with Gasteiger partial charge in [0, 0.05) is 26.8 Å². The Morgan fingerprint density at radius 2 is 2.05 bits per heavy atom. The summed E-state index contributed by atoms with van der Waals surface area (Å²) in [6, 6.07) is 7.04. The van der Waals surface area contributed by atoms with Gasteiger partial charge < -0.3 is 14.4 Å². The van der Waals surface area contributed by atoms with Crippen molar-refractivity contribution in [3.05, 3.63) is 29.8 Å². The van der Waals surface area contributed by atoms with Gasteiger partial charge in [0.15, 0.2) is 0 Å². The topological polar surface area (TPSA) is 76.8 Å². The van der Waals surface area contributed by atoms with Gasteiger partial charge in [-0.15, -0.1) is 0 Å². The number of carbonyl (C=O) groups is 1. The molecule has 0 radical (unpaired) electrons. The number of nitrogens with zero attached hydrogens (tertiary/aromatic N) is 1. The molecule has 6 heteroatoms. The van der Waals surface area contributed by atoms with Crippen molar-refractivity contribution in [2.45, 2.75) is 6.42 Å². The van der Waals surface area contributed by atoms with E-state index in [9.17, 15) is 4.79 Å². The molecule has 0 unspecified atom stereocenters. The van der Waals surface area contributed by atoms with E-state index in [1.807, 2.05) is 13.1 Å². The Kier molecular flexibility index (Phi) is 7.64. The van der Waals surface area contributed by atoms with E-state index in [4.69, 9.17) is 15.3 Å². The lowest BCUT2D eigenvalue weighted by molar-refractivity contribution is 0.0949. The zero-order chi connectivity index (χ0) is 14.8. The van der Waals surface area contributed by atoms with Gasteiger partial charge in [-0.25, -0.2) is 5.84 Å². The summed E-state index contributed by atoms with van der Waals surface area (Å²) in [5.74, 6) is 5.33. The maximum absolute atomic E-state index is 11.6. The van der Waals surface area contributed by atoms with Gasteiger partial charge in [-0.3, -0.25) is 10.2 Å². The molecule has 1 amide bonds. The molecule has 6 nitrogen and oxygen atoms in total. The van der Waals surface area contributed by atoms with Crippen LogP contribution < -0.4 is 16.0 Å². The molecule has 0 aliphatic carbocycles. The summed E-state index contributed by atoms with van der Waals surface area (Å²) in [5, 5.41) is 0. The maximum Gasteiger partial charge on any atom is 0.268 e. The Labute approximate surface area is 119 Å². The molecule has 1 rings (SSSR count). The van der Waals surface area contributed by atoms with Gasteiger partial charge in [0.2, 0.25) is 0 Å². The van der Waals surface area contributed by atoms with Crippen molar-refractivity contribution in [1.82, 2.24) is 10.3 Å². The fraction of sp³-hybridized carbons (Fsp3) is 0.500. The van der Waals surface area contributed by atoms with Gasteiger partial charge in [-0.05, 0) is 25.6 Å². The van der Waals surface area contributed by atoms with Crippen molar-refractivity contribution in [2.24, 2.45) is 5.84 Å². The smallest absolute Gasteiger partial charge is 0.268 e. The molecule has 0 aliphatic heterocycles. The molecule has 0 saturated heterocycles. The molecule has 0 aliphatic rings. The van der Waals surface area contributed by atoms with Crippen molar-refractivity contribution in [3.63, 3.8) is 0 Å². The second-order valence-corrected chi connectivity index (χ2v) is 4.47. The van der Waals surface area contributed by atoms with Crippen LogP contribution in [0.25, 0.3) is 0 Å². The number of benzene rings is 1. The molecular weight excluding hydrogens is 258 g/mol. The highest BCUT2D eigenvalue weighted by Gasteiger charge is 2.10. The third-order valence-corrected chi connectivity index (χ3v) is 2.88. The van der Waals surface area contributed by atoms with Crippen molar-refractivity contribution in [2.75, 3.05) is 40.5 Å². The van der Waals surface area contributed by atoms with E-state index < -0.39 is 0 Å². The zero-order valence-electron chi connectivity index (χ0n) is 12.1. The minimum absolute atomic E-state index is 0.353. The molecule has 3 N–H and O–H groups in total. The number of ether oxygens (including phenoxy) is 2. The van der Waals surface area contributed by atoms with E-state index in [-0.39, 0.29) is 5.91 Å². The lowest BCUT2D eigenvalue weighted by Crippen LogP contribution is -2.31. The van der Waals surface area contributed by atoms with Crippen LogP contribution in [0.4, 0.5) is 0 Å². The largest absolute Gasteiger partial charge is 0.491 e. The Balaban J connectivity index is 2.40. The number of hydrogen-bond acceptors (Lipinski definition) is 5. The minimum Gasteiger partial charge on any atom is -0.491 e. The van der Waals surface area contributed by atoms with Gasteiger partial charge in [-0.1, -0.05) is 12.1 Å². The lowest BCUT2D eigenvalue weighted by atomic mass is 10.2. The molecule has 0 fully saturated rings. The number of amides is 1. The van der Waals surface area contributed by atoms with Crippen LogP contribution >= 0.6 is 0 Å². The lowest BCUT2D eigenvalue weighted by Gasteiger charge is -2.17. The summed E-state index contributed by atoms with van der Waals surface area (Å²) < 4.78 is 10.7. The van der Waals surface area contributed by atoms with Gasteiger partial charge in [0.05, 0.1) is 5.56 Å². The summed E-state index contributed by atoms with van der Waals surface area (Å²) in [5.41, 5.74) is 2.55. The molecular formula is C14H23N3O3. The van der Waals surface area contributed by atoms with Crippen LogP contribution in [-0.2, 0) is 4.74 Å². The van der Waals surface area contributed by atoms with E-state index in [1.165, 1.54) is 0 Å². The SMILES string of the molecule is COCCCN(C)CCOc1ccccc1C(=O)NN. The van der Waals surface area contributed by atoms with Gasteiger partial charge >= 0.3 is 0 Å². The first kappa shape index (κ1) is 16.4. The number of likely N-dealkylation sites (N-methyl/N-ethyl adjacent to an activating group) is 1. The van der Waals surface area contributed by atoms with Gasteiger partial charge in [-0.2, -0.15) is 0 Å². The summed E-state index contributed by atoms with van der Waals surface area (Å²) in [6.07, 6.45) is 0.985. The van der Waals surface area contributed by atoms with Crippen LogP contribution in [0.1, 0.15) is 16.8 Å². The summed E-state index contributed by atoms with van der Waals surface area (Å²) in [7, 11) is 3.72. The third-order valence-electron chi connectivity index (χ3n) is 2.88. The highest BCUT2D eigenvalue weighted by Crippen LogP contribution is 2.17. The molecule has 0 heterocycles. The molecule has 0 spiro atoms. The molecule has 112 valence electrons. The third kappa shape index (κ3) is 5.56. The molecule has 0 atom stereocenters. The normalized spacial score (nSPS) is 10.6. The molecule has 0 saturated carbocycles. The monoisotopic (exact) mass is 281 g/mol. The summed E-state index contributed by atoms with van der Waals surface area (Å²) in [4.78, 5) is 13.7. The average molecular weight is 281 g/mol. The quantitative estimate of drug-likeness (QED) is 0.301. The minimum atomic E-state index is -0.353. The van der Waals surface area contributed by atoms with Gasteiger partial charge in [0.25, 0.3) is 5.91 Å². The molecule has 20 heavy (non-hydrogen) atoms. The first-order chi connectivity index (χ1) is 9.69. The fourth-order valence-electron chi connectivity index (χ4n) is 1.76. The number of methoxy groups -OCH3 is 1. The summed E-state index contributed by atoms with van der Waals surface area (Å²) in [6.45, 7) is 2.99. The van der Waals surface area contributed by atoms with Crippen LogP contribution in [0.15, 0.2) is 24.3 Å². The van der Waals surface area contributed by atoms with Crippen molar-refractivity contribution in [3.8, 4) is 5.75 Å². The summed E-state index contributed by atoms with van der Waals surface area (Å²) >= 11 is 0. The standard InChI is InChI=1S/C14H23N3O3/c1-17(8-5-10-19-2)9-11-20-13-7-4-3-6-12(13)14(18)16-15/h3-4,6-7H,5,8-11,15H2,1-2H3,(H,16,18). The van der Waals surface area contributed by atoms with E-state index in [2.05, 4.69) is 10.3 Å². The number of nitrogens with one attached hydrogen (secondary N) is 1. The average Bonchev–Trinajstić information content (AvgIpc) is 2.47. The highest BCUT2D eigenvalue weighted by atomic mass is 16.5. The second kappa shape index (κ2) is 9.30. The number of hydrogen-bond donors (Lipinski definition) is 2. The molecule has 1 aromatic rings. The predicted molar refractivity (Wildman–Crippen MR) is 77.6 cm³/mol. The zero-order valence-corrected chi connectivity index (χ0v) is 12.1. The molecule has 1 aromatic carbocycles. The highest BCUT2D eigenvalue weighted by molar-refractivity contribution is 5.96. The number of nitrogen functional groups attached to an aromatic ring is 1.